The average molecular weight is 605 g/mol. The van der Waals surface area contributed by atoms with E-state index in [1.807, 2.05) is 38.4 Å². The van der Waals surface area contributed by atoms with Crippen LogP contribution in [0.25, 0.3) is 0 Å². The van der Waals surface area contributed by atoms with E-state index in [4.69, 9.17) is 0 Å². The summed E-state index contributed by atoms with van der Waals surface area (Å²) >= 11 is 0. The van der Waals surface area contributed by atoms with Crippen molar-refractivity contribution in [1.29, 1.82) is 0 Å². The number of aromatic nitrogens is 1. The van der Waals surface area contributed by atoms with Crippen molar-refractivity contribution in [3.8, 4) is 0 Å². The molecule has 0 bridgehead atoms. The van der Waals surface area contributed by atoms with Crippen molar-refractivity contribution in [2.45, 2.75) is 31.8 Å². The van der Waals surface area contributed by atoms with E-state index in [0.29, 0.717) is 42.2 Å². The normalized spacial score (nSPS) is 18.6. The summed E-state index contributed by atoms with van der Waals surface area (Å²) in [6, 6.07) is 9.83. The summed E-state index contributed by atoms with van der Waals surface area (Å²) in [6.07, 6.45) is 3.55. The lowest BCUT2D eigenvalue weighted by atomic mass is 9.98. The molecule has 3 fully saturated rings. The molecule has 3 amide bonds. The van der Waals surface area contributed by atoms with Gasteiger partial charge < -0.3 is 24.9 Å². The van der Waals surface area contributed by atoms with Crippen molar-refractivity contribution in [3.05, 3.63) is 47.7 Å². The first-order valence-electron chi connectivity index (χ1n) is 15.5. The number of carbonyl (C=O) groups excluding carboxylic acids is 4. The molecule has 5 rings (SSSR count). The maximum absolute atomic E-state index is 13.3. The molecule has 1 unspecified atom stereocenters. The lowest BCUT2D eigenvalue weighted by molar-refractivity contribution is -0.125. The third-order valence-electron chi connectivity index (χ3n) is 9.38. The van der Waals surface area contributed by atoms with Gasteiger partial charge in [0.2, 0.25) is 12.3 Å². The van der Waals surface area contributed by atoms with E-state index in [2.05, 4.69) is 41.3 Å². The van der Waals surface area contributed by atoms with Gasteiger partial charge in [0.15, 0.2) is 6.29 Å². The summed E-state index contributed by atoms with van der Waals surface area (Å²) < 4.78 is 0. The van der Waals surface area contributed by atoms with Crippen molar-refractivity contribution in [3.63, 3.8) is 0 Å². The SMILES string of the molecule is CNc1ccc(N2CC(CN3CCN(C4CN(c5ccc(C=O)c(C(=O)N(C)C(C)CCC(=O)NC=O)c5)C4)CC3)C2)cn1. The van der Waals surface area contributed by atoms with E-state index in [-0.39, 0.29) is 24.3 Å². The van der Waals surface area contributed by atoms with Gasteiger partial charge in [-0.1, -0.05) is 0 Å². The first-order chi connectivity index (χ1) is 21.3. The zero-order chi connectivity index (χ0) is 31.2. The molecule has 3 aliphatic heterocycles. The van der Waals surface area contributed by atoms with Gasteiger partial charge in [0.25, 0.3) is 5.91 Å². The van der Waals surface area contributed by atoms with E-state index in [0.717, 1.165) is 70.4 Å². The van der Waals surface area contributed by atoms with E-state index in [1.54, 1.807) is 18.0 Å². The molecule has 3 aliphatic rings. The van der Waals surface area contributed by atoms with Crippen LogP contribution in [0.3, 0.4) is 0 Å². The molecule has 12 heteroatoms. The van der Waals surface area contributed by atoms with Crippen LogP contribution in [-0.2, 0) is 9.59 Å². The predicted molar refractivity (Wildman–Crippen MR) is 170 cm³/mol. The molecule has 0 spiro atoms. The first-order valence-corrected chi connectivity index (χ1v) is 15.5. The summed E-state index contributed by atoms with van der Waals surface area (Å²) in [4.78, 5) is 63.0. The van der Waals surface area contributed by atoms with Gasteiger partial charge in [0.05, 0.1) is 17.4 Å². The smallest absolute Gasteiger partial charge is 0.254 e. The molecule has 3 saturated heterocycles. The first kappa shape index (κ1) is 31.4. The second-order valence-corrected chi connectivity index (χ2v) is 12.2. The van der Waals surface area contributed by atoms with Gasteiger partial charge in [-0.3, -0.25) is 29.4 Å². The van der Waals surface area contributed by atoms with E-state index < -0.39 is 0 Å². The fourth-order valence-corrected chi connectivity index (χ4v) is 6.28. The number of hydrogen-bond acceptors (Lipinski definition) is 10. The van der Waals surface area contributed by atoms with Crippen molar-refractivity contribution < 1.29 is 19.2 Å². The van der Waals surface area contributed by atoms with Gasteiger partial charge in [0, 0.05) is 109 Å². The molecule has 1 atom stereocenters. The predicted octanol–water partition coefficient (Wildman–Crippen LogP) is 1.39. The maximum atomic E-state index is 13.3. The number of pyridine rings is 1. The van der Waals surface area contributed by atoms with Crippen molar-refractivity contribution >= 4 is 41.7 Å². The van der Waals surface area contributed by atoms with E-state index >= 15 is 0 Å². The van der Waals surface area contributed by atoms with Gasteiger partial charge in [0.1, 0.15) is 5.82 Å². The number of rotatable bonds is 13. The van der Waals surface area contributed by atoms with Gasteiger partial charge >= 0.3 is 0 Å². The second-order valence-electron chi connectivity index (χ2n) is 12.2. The number of anilines is 3. The van der Waals surface area contributed by atoms with Crippen LogP contribution < -0.4 is 20.4 Å². The number of amides is 3. The van der Waals surface area contributed by atoms with Gasteiger partial charge in [-0.15, -0.1) is 0 Å². The Kier molecular flexibility index (Phi) is 10.1. The van der Waals surface area contributed by atoms with Crippen LogP contribution in [-0.4, -0.2) is 129 Å². The number of piperazine rings is 1. The quantitative estimate of drug-likeness (QED) is 0.325. The topological polar surface area (TPSA) is 121 Å². The zero-order valence-electron chi connectivity index (χ0n) is 25.9. The Morgan fingerprint density at radius 2 is 1.73 bits per heavy atom. The Morgan fingerprint density at radius 3 is 2.36 bits per heavy atom. The van der Waals surface area contributed by atoms with Crippen LogP contribution in [0.15, 0.2) is 36.5 Å². The largest absolute Gasteiger partial charge is 0.373 e. The number of nitrogens with zero attached hydrogens (tertiary/aromatic N) is 6. The van der Waals surface area contributed by atoms with Crippen LogP contribution in [0.5, 0.6) is 0 Å². The van der Waals surface area contributed by atoms with Gasteiger partial charge in [-0.25, -0.2) is 4.98 Å². The Balaban J connectivity index is 1.06. The Bertz CT molecular complexity index is 1320. The number of benzene rings is 1. The molecule has 2 N–H and O–H groups in total. The summed E-state index contributed by atoms with van der Waals surface area (Å²) in [7, 11) is 3.55. The highest BCUT2D eigenvalue weighted by Gasteiger charge is 2.36. The van der Waals surface area contributed by atoms with E-state index in [9.17, 15) is 19.2 Å². The highest BCUT2D eigenvalue weighted by molar-refractivity contribution is 6.02. The highest BCUT2D eigenvalue weighted by Crippen LogP contribution is 2.29. The van der Waals surface area contributed by atoms with E-state index in [1.165, 1.54) is 5.69 Å². The molecule has 12 nitrogen and oxygen atoms in total. The molecule has 2 aromatic rings. The third kappa shape index (κ3) is 7.19. The minimum absolute atomic E-state index is 0.130. The molecule has 236 valence electrons. The molecule has 4 heterocycles. The second kappa shape index (κ2) is 14.2. The number of aldehydes is 1. The molecule has 0 saturated carbocycles. The van der Waals surface area contributed by atoms with Gasteiger partial charge in [-0.05, 0) is 43.7 Å². The molecule has 1 aromatic carbocycles. The summed E-state index contributed by atoms with van der Waals surface area (Å²) in [6.45, 7) is 11.2. The lowest BCUT2D eigenvalue weighted by Crippen LogP contribution is -2.64. The standard InChI is InChI=1S/C32H44N8O4/c1-23(4-9-31(43)35-22-42)36(3)32(44)29-14-26(6-5-25(29)21-41)40-19-28(20-40)38-12-10-37(11-13-38)16-24-17-39(18-24)27-7-8-30(33-2)34-15-27/h5-8,14-15,21-24,28H,4,9-13,16-20H2,1-3H3,(H,33,34)(H,35,42,43). The van der Waals surface area contributed by atoms with Crippen LogP contribution in [0, 0.1) is 5.92 Å². The highest BCUT2D eigenvalue weighted by atomic mass is 16.2. The van der Waals surface area contributed by atoms with Crippen LogP contribution in [0.4, 0.5) is 17.2 Å². The number of carbonyl (C=O) groups is 4. The fraction of sp³-hybridized carbons (Fsp3) is 0.531. The fourth-order valence-electron chi connectivity index (χ4n) is 6.28. The summed E-state index contributed by atoms with van der Waals surface area (Å²) in [5.74, 6) is 0.941. The molecular weight excluding hydrogens is 560 g/mol. The third-order valence-corrected chi connectivity index (χ3v) is 9.38. The Labute approximate surface area is 259 Å². The minimum Gasteiger partial charge on any atom is -0.373 e. The molecular formula is C32H44N8O4. The zero-order valence-corrected chi connectivity index (χ0v) is 25.9. The number of nitrogens with one attached hydrogen (secondary N) is 2. The van der Waals surface area contributed by atoms with Crippen molar-refractivity contribution in [2.24, 2.45) is 5.92 Å². The monoisotopic (exact) mass is 604 g/mol. The maximum Gasteiger partial charge on any atom is 0.254 e. The summed E-state index contributed by atoms with van der Waals surface area (Å²) in [5.41, 5.74) is 2.84. The number of hydrogen-bond donors (Lipinski definition) is 2. The minimum atomic E-state index is -0.382. The molecule has 0 radical (unpaired) electrons. The van der Waals surface area contributed by atoms with Crippen LogP contribution in [0.2, 0.25) is 0 Å². The average Bonchev–Trinajstić information content (AvgIpc) is 3.00. The van der Waals surface area contributed by atoms with Crippen molar-refractivity contribution in [1.82, 2.24) is 25.0 Å². The lowest BCUT2D eigenvalue weighted by Gasteiger charge is -2.50. The Morgan fingerprint density at radius 1 is 1.02 bits per heavy atom. The molecule has 44 heavy (non-hydrogen) atoms. The van der Waals surface area contributed by atoms with Crippen molar-refractivity contribution in [2.75, 3.05) is 88.1 Å². The number of imide groups is 1. The van der Waals surface area contributed by atoms with Crippen LogP contribution >= 0.6 is 0 Å². The van der Waals surface area contributed by atoms with Crippen LogP contribution in [0.1, 0.15) is 40.5 Å². The Hall–Kier alpha value is -4.03. The molecule has 0 aliphatic carbocycles. The summed E-state index contributed by atoms with van der Waals surface area (Å²) in [5, 5.41) is 5.18. The van der Waals surface area contributed by atoms with Gasteiger partial charge in [-0.2, -0.15) is 0 Å². The molecule has 1 aromatic heterocycles.